The van der Waals surface area contributed by atoms with Crippen LogP contribution in [0.2, 0.25) is 0 Å². The Hall–Kier alpha value is -1.76. The normalized spacial score (nSPS) is 15.3. The summed E-state index contributed by atoms with van der Waals surface area (Å²) in [5.41, 5.74) is 0.489. The number of Topliss-reactive ketones (excluding diaryl/α,β-unsaturated/α-hetero) is 1. The zero-order valence-corrected chi connectivity index (χ0v) is 12.4. The molecule has 1 aliphatic rings. The van der Waals surface area contributed by atoms with Crippen molar-refractivity contribution in [1.82, 2.24) is 0 Å². The molecule has 0 saturated heterocycles. The second-order valence-corrected chi connectivity index (χ2v) is 5.48. The van der Waals surface area contributed by atoms with E-state index in [1.807, 2.05) is 0 Å². The van der Waals surface area contributed by atoms with Gasteiger partial charge in [0.1, 0.15) is 10.6 Å². The van der Waals surface area contributed by atoms with E-state index in [2.05, 4.69) is 20.7 Å². The Morgan fingerprint density at radius 3 is 2.70 bits per heavy atom. The highest BCUT2D eigenvalue weighted by atomic mass is 79.9. The number of benzene rings is 1. The number of alkyl halides is 1. The van der Waals surface area contributed by atoms with E-state index in [0.717, 1.165) is 4.90 Å². The van der Waals surface area contributed by atoms with E-state index in [1.54, 1.807) is 6.92 Å². The fourth-order valence-corrected chi connectivity index (χ4v) is 2.53. The molecule has 1 aromatic carbocycles. The fraction of sp³-hybridized carbons (Fsp3) is 0.308. The van der Waals surface area contributed by atoms with Gasteiger partial charge < -0.3 is 9.64 Å². The van der Waals surface area contributed by atoms with Crippen molar-refractivity contribution in [3.05, 3.63) is 29.1 Å². The zero-order chi connectivity index (χ0) is 15.0. The zero-order valence-electron chi connectivity index (χ0n) is 10.8. The molecule has 2 rings (SSSR count). The SMILES string of the molecule is COC(=O)C(Br)CN1C(=O)C(=O)c2cc(C)cc(F)c21. The molecule has 106 valence electrons. The van der Waals surface area contributed by atoms with Crippen LogP contribution in [0, 0.1) is 12.7 Å². The third-order valence-corrected chi connectivity index (χ3v) is 3.62. The monoisotopic (exact) mass is 343 g/mol. The maximum absolute atomic E-state index is 14.0. The molecule has 0 N–H and O–H groups in total. The quantitative estimate of drug-likeness (QED) is 0.475. The molecule has 0 spiro atoms. The number of hydrogen-bond acceptors (Lipinski definition) is 4. The van der Waals surface area contributed by atoms with Crippen LogP contribution in [0.25, 0.3) is 0 Å². The molecular formula is C13H11BrFNO4. The minimum Gasteiger partial charge on any atom is -0.468 e. The van der Waals surface area contributed by atoms with E-state index in [9.17, 15) is 18.8 Å². The smallest absolute Gasteiger partial charge is 0.321 e. The first-order valence-electron chi connectivity index (χ1n) is 5.75. The van der Waals surface area contributed by atoms with E-state index >= 15 is 0 Å². The standard InChI is InChI=1S/C13H11BrFNO4/c1-6-3-7-10(9(15)4-6)16(12(18)11(7)17)5-8(14)13(19)20-2/h3-4,8H,5H2,1-2H3. The van der Waals surface area contributed by atoms with Crippen molar-refractivity contribution in [2.75, 3.05) is 18.6 Å². The first-order valence-corrected chi connectivity index (χ1v) is 6.66. The Kier molecular flexibility index (Phi) is 3.89. The lowest BCUT2D eigenvalue weighted by atomic mass is 10.1. The summed E-state index contributed by atoms with van der Waals surface area (Å²) in [5, 5.41) is 0. The molecule has 1 aromatic rings. The highest BCUT2D eigenvalue weighted by Crippen LogP contribution is 2.33. The number of carbonyl (C=O) groups excluding carboxylic acids is 3. The Morgan fingerprint density at radius 2 is 2.10 bits per heavy atom. The van der Waals surface area contributed by atoms with Crippen LogP contribution in [0.15, 0.2) is 12.1 Å². The molecule has 5 nitrogen and oxygen atoms in total. The highest BCUT2D eigenvalue weighted by molar-refractivity contribution is 9.10. The van der Waals surface area contributed by atoms with Crippen molar-refractivity contribution >= 4 is 39.3 Å². The third-order valence-electron chi connectivity index (χ3n) is 2.96. The maximum Gasteiger partial charge on any atom is 0.321 e. The second kappa shape index (κ2) is 5.32. The Morgan fingerprint density at radius 1 is 1.45 bits per heavy atom. The molecule has 0 saturated carbocycles. The van der Waals surface area contributed by atoms with Crippen LogP contribution < -0.4 is 4.90 Å². The lowest BCUT2D eigenvalue weighted by Crippen LogP contribution is -2.38. The van der Waals surface area contributed by atoms with Gasteiger partial charge >= 0.3 is 5.97 Å². The van der Waals surface area contributed by atoms with Gasteiger partial charge in [-0.1, -0.05) is 15.9 Å². The minimum absolute atomic E-state index is 0.0251. The summed E-state index contributed by atoms with van der Waals surface area (Å²) in [6.07, 6.45) is 0. The largest absolute Gasteiger partial charge is 0.468 e. The van der Waals surface area contributed by atoms with Gasteiger partial charge in [-0.25, -0.2) is 4.39 Å². The van der Waals surface area contributed by atoms with Gasteiger partial charge in [0.2, 0.25) is 0 Å². The Bertz CT molecular complexity index is 617. The van der Waals surface area contributed by atoms with Gasteiger partial charge in [0, 0.05) is 6.54 Å². The van der Waals surface area contributed by atoms with Gasteiger partial charge in [0.15, 0.2) is 0 Å². The molecule has 0 fully saturated rings. The minimum atomic E-state index is -0.849. The predicted molar refractivity (Wildman–Crippen MR) is 72.6 cm³/mol. The Labute approximate surface area is 122 Å². The molecule has 20 heavy (non-hydrogen) atoms. The molecule has 1 atom stereocenters. The highest BCUT2D eigenvalue weighted by Gasteiger charge is 2.40. The summed E-state index contributed by atoms with van der Waals surface area (Å²) < 4.78 is 18.5. The molecule has 7 heteroatoms. The fourth-order valence-electron chi connectivity index (χ4n) is 2.06. The van der Waals surface area contributed by atoms with Crippen LogP contribution in [0.5, 0.6) is 0 Å². The van der Waals surface area contributed by atoms with Crippen molar-refractivity contribution in [3.8, 4) is 0 Å². The summed E-state index contributed by atoms with van der Waals surface area (Å²) in [6.45, 7) is 1.45. The number of ketones is 1. The molecule has 1 unspecified atom stereocenters. The number of fused-ring (bicyclic) bond motifs is 1. The number of hydrogen-bond donors (Lipinski definition) is 0. The van der Waals surface area contributed by atoms with E-state index < -0.39 is 28.3 Å². The van der Waals surface area contributed by atoms with Gasteiger partial charge in [-0.2, -0.15) is 0 Å². The van der Waals surface area contributed by atoms with Crippen LogP contribution >= 0.6 is 15.9 Å². The number of rotatable bonds is 3. The summed E-state index contributed by atoms with van der Waals surface area (Å²) in [7, 11) is 1.20. The molecule has 1 amide bonds. The van der Waals surface area contributed by atoms with Gasteiger partial charge in [-0.3, -0.25) is 14.4 Å². The number of methoxy groups -OCH3 is 1. The number of ether oxygens (including phenoxy) is 1. The average molecular weight is 344 g/mol. The van der Waals surface area contributed by atoms with Gasteiger partial charge in [-0.05, 0) is 24.6 Å². The van der Waals surface area contributed by atoms with E-state index in [0.29, 0.717) is 5.56 Å². The van der Waals surface area contributed by atoms with Crippen LogP contribution in [0.4, 0.5) is 10.1 Å². The van der Waals surface area contributed by atoms with E-state index in [-0.39, 0.29) is 17.8 Å². The molecule has 0 radical (unpaired) electrons. The van der Waals surface area contributed by atoms with Crippen molar-refractivity contribution in [3.63, 3.8) is 0 Å². The molecule has 0 bridgehead atoms. The number of halogens is 2. The number of anilines is 1. The molecule has 1 aliphatic heterocycles. The van der Waals surface area contributed by atoms with Crippen molar-refractivity contribution in [2.24, 2.45) is 0 Å². The van der Waals surface area contributed by atoms with Crippen molar-refractivity contribution in [2.45, 2.75) is 11.8 Å². The van der Waals surface area contributed by atoms with Gasteiger partial charge in [-0.15, -0.1) is 0 Å². The maximum atomic E-state index is 14.0. The summed E-state index contributed by atoms with van der Waals surface area (Å²) in [4.78, 5) is 35.2. The Balaban J connectivity index is 2.41. The molecule has 1 heterocycles. The van der Waals surface area contributed by atoms with Gasteiger partial charge in [0.25, 0.3) is 11.7 Å². The molecular weight excluding hydrogens is 333 g/mol. The summed E-state index contributed by atoms with van der Waals surface area (Å²) >= 11 is 3.05. The lowest BCUT2D eigenvalue weighted by molar-refractivity contribution is -0.139. The molecule has 0 aliphatic carbocycles. The number of amides is 1. The lowest BCUT2D eigenvalue weighted by Gasteiger charge is -2.19. The van der Waals surface area contributed by atoms with E-state index in [4.69, 9.17) is 0 Å². The van der Waals surface area contributed by atoms with Crippen LogP contribution in [-0.4, -0.2) is 36.1 Å². The summed E-state index contributed by atoms with van der Waals surface area (Å²) in [6, 6.07) is 2.69. The van der Waals surface area contributed by atoms with E-state index in [1.165, 1.54) is 19.2 Å². The number of aryl methyl sites for hydroxylation is 1. The number of esters is 1. The van der Waals surface area contributed by atoms with Crippen LogP contribution in [0.3, 0.4) is 0 Å². The van der Waals surface area contributed by atoms with Crippen LogP contribution in [0.1, 0.15) is 15.9 Å². The first kappa shape index (κ1) is 14.6. The van der Waals surface area contributed by atoms with Gasteiger partial charge in [0.05, 0.1) is 18.4 Å². The first-order chi connectivity index (χ1) is 9.36. The number of nitrogens with zero attached hydrogens (tertiary/aromatic N) is 1. The predicted octanol–water partition coefficient (Wildman–Crippen LogP) is 1.60. The number of carbonyl (C=O) groups is 3. The van der Waals surface area contributed by atoms with Crippen LogP contribution in [-0.2, 0) is 14.3 Å². The van der Waals surface area contributed by atoms with Crippen molar-refractivity contribution < 1.29 is 23.5 Å². The van der Waals surface area contributed by atoms with Crippen molar-refractivity contribution in [1.29, 1.82) is 0 Å². The summed E-state index contributed by atoms with van der Waals surface area (Å²) in [5.74, 6) is -2.89. The third kappa shape index (κ3) is 2.33. The topological polar surface area (TPSA) is 63.7 Å². The molecule has 0 aromatic heterocycles. The average Bonchev–Trinajstić information content (AvgIpc) is 2.63. The second-order valence-electron chi connectivity index (χ2n) is 4.38.